The van der Waals surface area contributed by atoms with Crippen molar-refractivity contribution in [3.05, 3.63) is 0 Å². The molecule has 0 atom stereocenters. The molecule has 1 fully saturated rings. The van der Waals surface area contributed by atoms with Gasteiger partial charge in [-0.15, -0.1) is 5.54 Å². The lowest BCUT2D eigenvalue weighted by Crippen LogP contribution is -2.22. The molecular formula is C11H18O3Si. The summed E-state index contributed by atoms with van der Waals surface area (Å²) in [5.41, 5.74) is 2.71. The highest BCUT2D eigenvalue weighted by atomic mass is 28.3. The first-order chi connectivity index (χ1) is 6.87. The van der Waals surface area contributed by atoms with Crippen molar-refractivity contribution in [1.82, 2.24) is 0 Å². The Bertz CT molecular complexity index is 302. The number of rotatable bonds is 2. The number of carbonyl (C=O) groups is 1. The van der Waals surface area contributed by atoms with Gasteiger partial charge in [0.15, 0.2) is 5.60 Å². The van der Waals surface area contributed by atoms with Crippen molar-refractivity contribution in [3.8, 4) is 11.5 Å². The summed E-state index contributed by atoms with van der Waals surface area (Å²) >= 11 is 0. The summed E-state index contributed by atoms with van der Waals surface area (Å²) in [5.74, 6) is 3.09. The van der Waals surface area contributed by atoms with Gasteiger partial charge in [0, 0.05) is 12.8 Å². The summed E-state index contributed by atoms with van der Waals surface area (Å²) in [6.45, 7) is 8.60. The summed E-state index contributed by atoms with van der Waals surface area (Å²) in [4.78, 5) is 11.1. The van der Waals surface area contributed by atoms with Crippen molar-refractivity contribution in [1.29, 1.82) is 0 Å². The van der Waals surface area contributed by atoms with Gasteiger partial charge in [-0.1, -0.05) is 25.6 Å². The van der Waals surface area contributed by atoms with Gasteiger partial charge >= 0.3 is 6.16 Å². The molecule has 0 unspecified atom stereocenters. The number of ether oxygens (including phenoxy) is 2. The highest BCUT2D eigenvalue weighted by Crippen LogP contribution is 2.39. The van der Waals surface area contributed by atoms with Crippen molar-refractivity contribution in [2.24, 2.45) is 0 Å². The van der Waals surface area contributed by atoms with E-state index in [1.54, 1.807) is 6.92 Å². The van der Waals surface area contributed by atoms with Crippen LogP contribution in [-0.2, 0) is 9.47 Å². The molecular weight excluding hydrogens is 208 g/mol. The molecule has 0 bridgehead atoms. The average molecular weight is 226 g/mol. The molecule has 4 heteroatoms. The molecule has 0 aromatic carbocycles. The van der Waals surface area contributed by atoms with Crippen LogP contribution in [0.5, 0.6) is 0 Å². The molecule has 0 saturated heterocycles. The third-order valence-electron chi connectivity index (χ3n) is 1.91. The number of hydrogen-bond acceptors (Lipinski definition) is 3. The molecule has 1 rings (SSSR count). The van der Waals surface area contributed by atoms with Gasteiger partial charge in [-0.2, -0.15) is 0 Å². The smallest absolute Gasteiger partial charge is 0.435 e. The molecule has 0 spiro atoms. The van der Waals surface area contributed by atoms with E-state index >= 15 is 0 Å². The van der Waals surface area contributed by atoms with E-state index in [0.717, 1.165) is 12.8 Å². The zero-order valence-corrected chi connectivity index (χ0v) is 10.8. The summed E-state index contributed by atoms with van der Waals surface area (Å²) in [5, 5.41) is 0. The molecule has 84 valence electrons. The minimum absolute atomic E-state index is 0.344. The van der Waals surface area contributed by atoms with Crippen molar-refractivity contribution < 1.29 is 14.3 Å². The molecule has 1 aliphatic rings. The molecule has 0 aliphatic heterocycles. The first-order valence-electron chi connectivity index (χ1n) is 5.27. The minimum Gasteiger partial charge on any atom is -0.435 e. The van der Waals surface area contributed by atoms with Crippen LogP contribution in [0.3, 0.4) is 0 Å². The zero-order valence-electron chi connectivity index (χ0n) is 9.85. The molecule has 1 saturated carbocycles. The Kier molecular flexibility index (Phi) is 3.45. The van der Waals surface area contributed by atoms with E-state index in [4.69, 9.17) is 9.47 Å². The van der Waals surface area contributed by atoms with Crippen LogP contribution in [0.2, 0.25) is 19.6 Å². The first-order valence-corrected chi connectivity index (χ1v) is 8.77. The molecule has 0 aromatic rings. The van der Waals surface area contributed by atoms with E-state index in [0.29, 0.717) is 6.61 Å². The van der Waals surface area contributed by atoms with E-state index in [1.807, 2.05) is 0 Å². The quantitative estimate of drug-likeness (QED) is 0.412. The van der Waals surface area contributed by atoms with E-state index < -0.39 is 19.8 Å². The standard InChI is InChI=1S/C11H18O3Si/c1-5-13-10(12)14-11(6-7-11)8-9-15(2,3)4/h5-7H2,1-4H3. The fourth-order valence-corrected chi connectivity index (χ4v) is 1.58. The summed E-state index contributed by atoms with van der Waals surface area (Å²) in [7, 11) is -1.39. The largest absolute Gasteiger partial charge is 0.509 e. The number of carbonyl (C=O) groups excluding carboxylic acids is 1. The molecule has 3 nitrogen and oxygen atoms in total. The Morgan fingerprint density at radius 3 is 2.40 bits per heavy atom. The Hall–Kier alpha value is -0.953. The van der Waals surface area contributed by atoms with Crippen LogP contribution in [0, 0.1) is 11.5 Å². The van der Waals surface area contributed by atoms with Crippen LogP contribution in [0.1, 0.15) is 19.8 Å². The van der Waals surface area contributed by atoms with Crippen LogP contribution in [0.25, 0.3) is 0 Å². The van der Waals surface area contributed by atoms with Gasteiger partial charge in [0.2, 0.25) is 0 Å². The Labute approximate surface area is 92.2 Å². The third-order valence-corrected chi connectivity index (χ3v) is 2.79. The zero-order chi connectivity index (χ0) is 11.5. The predicted molar refractivity (Wildman–Crippen MR) is 61.2 cm³/mol. The molecule has 0 radical (unpaired) electrons. The summed E-state index contributed by atoms with van der Waals surface area (Å²) in [6.07, 6.45) is 1.08. The van der Waals surface area contributed by atoms with Gasteiger partial charge < -0.3 is 9.47 Å². The van der Waals surface area contributed by atoms with Gasteiger partial charge in [0.25, 0.3) is 0 Å². The Morgan fingerprint density at radius 1 is 1.40 bits per heavy atom. The maximum Gasteiger partial charge on any atom is 0.509 e. The van der Waals surface area contributed by atoms with Gasteiger partial charge in [-0.25, -0.2) is 4.79 Å². The highest BCUT2D eigenvalue weighted by Gasteiger charge is 2.46. The number of hydrogen-bond donors (Lipinski definition) is 0. The monoisotopic (exact) mass is 226 g/mol. The predicted octanol–water partition coefficient (Wildman–Crippen LogP) is 2.57. The van der Waals surface area contributed by atoms with Crippen molar-refractivity contribution in [2.75, 3.05) is 6.61 Å². The SMILES string of the molecule is CCOC(=O)OC1(C#C[Si](C)(C)C)CC1. The lowest BCUT2D eigenvalue weighted by molar-refractivity contribution is 0.0352. The second-order valence-corrected chi connectivity index (χ2v) is 9.53. The molecule has 0 heterocycles. The highest BCUT2D eigenvalue weighted by molar-refractivity contribution is 6.83. The first kappa shape index (κ1) is 12.1. The van der Waals surface area contributed by atoms with E-state index in [2.05, 4.69) is 31.1 Å². The third kappa shape index (κ3) is 4.39. The van der Waals surface area contributed by atoms with E-state index in [-0.39, 0.29) is 0 Å². The molecule has 1 aliphatic carbocycles. The minimum atomic E-state index is -1.39. The van der Waals surface area contributed by atoms with Crippen molar-refractivity contribution in [2.45, 2.75) is 45.0 Å². The Balaban J connectivity index is 2.53. The summed E-state index contributed by atoms with van der Waals surface area (Å²) in [6, 6.07) is 0. The molecule has 0 N–H and O–H groups in total. The normalized spacial score (nSPS) is 17.3. The van der Waals surface area contributed by atoms with Crippen molar-refractivity contribution in [3.63, 3.8) is 0 Å². The second kappa shape index (κ2) is 4.27. The van der Waals surface area contributed by atoms with E-state index in [9.17, 15) is 4.79 Å². The fourth-order valence-electron chi connectivity index (χ4n) is 0.974. The Morgan fingerprint density at radius 2 is 2.00 bits per heavy atom. The van der Waals surface area contributed by atoms with Crippen LogP contribution in [0.15, 0.2) is 0 Å². The van der Waals surface area contributed by atoms with Gasteiger partial charge in [-0.05, 0) is 6.92 Å². The lowest BCUT2D eigenvalue weighted by Gasteiger charge is -2.11. The summed E-state index contributed by atoms with van der Waals surface area (Å²) < 4.78 is 9.90. The molecule has 0 amide bonds. The average Bonchev–Trinajstić information content (AvgIpc) is 2.81. The van der Waals surface area contributed by atoms with Crippen LogP contribution >= 0.6 is 0 Å². The lowest BCUT2D eigenvalue weighted by atomic mass is 10.4. The van der Waals surface area contributed by atoms with Gasteiger partial charge in [0.05, 0.1) is 6.61 Å². The van der Waals surface area contributed by atoms with Crippen LogP contribution < -0.4 is 0 Å². The topological polar surface area (TPSA) is 35.5 Å². The maximum atomic E-state index is 11.1. The van der Waals surface area contributed by atoms with Gasteiger partial charge in [-0.3, -0.25) is 0 Å². The maximum absolute atomic E-state index is 11.1. The van der Waals surface area contributed by atoms with E-state index in [1.165, 1.54) is 0 Å². The molecule has 0 aromatic heterocycles. The van der Waals surface area contributed by atoms with Crippen LogP contribution in [-0.4, -0.2) is 26.4 Å². The van der Waals surface area contributed by atoms with Crippen molar-refractivity contribution >= 4 is 14.2 Å². The molecule has 15 heavy (non-hydrogen) atoms. The second-order valence-electron chi connectivity index (χ2n) is 4.78. The van der Waals surface area contributed by atoms with Crippen LogP contribution in [0.4, 0.5) is 4.79 Å². The van der Waals surface area contributed by atoms with Gasteiger partial charge in [0.1, 0.15) is 8.07 Å². The fraction of sp³-hybridized carbons (Fsp3) is 0.727.